The zero-order valence-electron chi connectivity index (χ0n) is 16.1. The van der Waals surface area contributed by atoms with Gasteiger partial charge in [-0.25, -0.2) is 13.6 Å². The number of primary sulfonamides is 1. The first-order chi connectivity index (χ1) is 12.7. The van der Waals surface area contributed by atoms with Crippen LogP contribution in [-0.4, -0.2) is 26.3 Å². The van der Waals surface area contributed by atoms with Crippen molar-refractivity contribution in [1.82, 2.24) is 4.90 Å². The van der Waals surface area contributed by atoms with E-state index in [9.17, 15) is 13.2 Å². The molecule has 2 atom stereocenters. The Bertz CT molecular complexity index is 866. The van der Waals surface area contributed by atoms with Crippen LogP contribution in [0.1, 0.15) is 43.9 Å². The Kier molecular flexibility index (Phi) is 7.16. The third-order valence-electron chi connectivity index (χ3n) is 4.94. The predicted octanol–water partition coefficient (Wildman–Crippen LogP) is 3.51. The zero-order valence-corrected chi connectivity index (χ0v) is 16.9. The molecule has 6 heteroatoms. The molecular formula is C21H28N2O3S. The molecular weight excluding hydrogens is 360 g/mol. The summed E-state index contributed by atoms with van der Waals surface area (Å²) < 4.78 is 23.1. The Morgan fingerprint density at radius 3 is 2.37 bits per heavy atom. The lowest BCUT2D eigenvalue weighted by Gasteiger charge is -2.27. The van der Waals surface area contributed by atoms with Crippen LogP contribution in [0.15, 0.2) is 59.5 Å². The van der Waals surface area contributed by atoms with Gasteiger partial charge in [-0.05, 0) is 48.9 Å². The fourth-order valence-electron chi connectivity index (χ4n) is 2.99. The van der Waals surface area contributed by atoms with Gasteiger partial charge in [0.25, 0.3) is 0 Å². The molecule has 0 saturated heterocycles. The van der Waals surface area contributed by atoms with Crippen molar-refractivity contribution in [2.75, 3.05) is 7.05 Å². The van der Waals surface area contributed by atoms with Crippen LogP contribution < -0.4 is 5.14 Å². The second-order valence-electron chi connectivity index (χ2n) is 7.13. The molecule has 0 heterocycles. The fourth-order valence-corrected chi connectivity index (χ4v) is 3.56. The van der Waals surface area contributed by atoms with Crippen LogP contribution in [0.5, 0.6) is 0 Å². The molecule has 2 aromatic carbocycles. The van der Waals surface area contributed by atoms with Crippen molar-refractivity contribution in [3.63, 3.8) is 0 Å². The predicted molar refractivity (Wildman–Crippen MR) is 108 cm³/mol. The van der Waals surface area contributed by atoms with Gasteiger partial charge in [0.05, 0.1) is 10.9 Å². The van der Waals surface area contributed by atoms with Crippen molar-refractivity contribution in [2.24, 2.45) is 11.1 Å². The Morgan fingerprint density at radius 1 is 1.07 bits per heavy atom. The number of sulfonamides is 1. The Labute approximate surface area is 162 Å². The molecule has 27 heavy (non-hydrogen) atoms. The maximum atomic E-state index is 12.6. The highest BCUT2D eigenvalue weighted by molar-refractivity contribution is 7.89. The van der Waals surface area contributed by atoms with Crippen molar-refractivity contribution in [3.05, 3.63) is 65.7 Å². The van der Waals surface area contributed by atoms with E-state index in [0.717, 1.165) is 18.4 Å². The van der Waals surface area contributed by atoms with E-state index >= 15 is 0 Å². The van der Waals surface area contributed by atoms with Crippen molar-refractivity contribution in [1.29, 1.82) is 0 Å². The van der Waals surface area contributed by atoms with Crippen LogP contribution >= 0.6 is 0 Å². The SMILES string of the molecule is CC(CCc1ccccc1)CC(=O)N(C)C(C)c1cccc(S(N)(=O)=O)c1. The lowest BCUT2D eigenvalue weighted by Crippen LogP contribution is -2.31. The molecule has 0 aliphatic carbocycles. The van der Waals surface area contributed by atoms with Crippen molar-refractivity contribution < 1.29 is 13.2 Å². The lowest BCUT2D eigenvalue weighted by atomic mass is 9.97. The Morgan fingerprint density at radius 2 is 1.74 bits per heavy atom. The van der Waals surface area contributed by atoms with E-state index < -0.39 is 10.0 Å². The average Bonchev–Trinajstić information content (AvgIpc) is 2.65. The molecule has 0 saturated carbocycles. The van der Waals surface area contributed by atoms with Crippen LogP contribution in [-0.2, 0) is 21.2 Å². The summed E-state index contributed by atoms with van der Waals surface area (Å²) in [7, 11) is -2.01. The summed E-state index contributed by atoms with van der Waals surface area (Å²) in [5.41, 5.74) is 2.02. The number of nitrogens with two attached hydrogens (primary N) is 1. The number of carbonyl (C=O) groups is 1. The third-order valence-corrected chi connectivity index (χ3v) is 5.85. The fraction of sp³-hybridized carbons (Fsp3) is 0.381. The number of nitrogens with zero attached hydrogens (tertiary/aromatic N) is 1. The summed E-state index contributed by atoms with van der Waals surface area (Å²) in [5.74, 6) is 0.312. The first-order valence-electron chi connectivity index (χ1n) is 9.11. The zero-order chi connectivity index (χ0) is 20.0. The first-order valence-corrected chi connectivity index (χ1v) is 10.7. The number of hydrogen-bond acceptors (Lipinski definition) is 3. The maximum Gasteiger partial charge on any atom is 0.238 e. The van der Waals surface area contributed by atoms with Gasteiger partial charge in [-0.15, -0.1) is 0 Å². The molecule has 0 aliphatic heterocycles. The van der Waals surface area contributed by atoms with Gasteiger partial charge in [-0.1, -0.05) is 49.4 Å². The highest BCUT2D eigenvalue weighted by Gasteiger charge is 2.20. The van der Waals surface area contributed by atoms with Crippen LogP contribution in [0.4, 0.5) is 0 Å². The Balaban J connectivity index is 1.95. The minimum atomic E-state index is -3.76. The van der Waals surface area contributed by atoms with Gasteiger partial charge in [0.15, 0.2) is 0 Å². The average molecular weight is 389 g/mol. The van der Waals surface area contributed by atoms with Crippen LogP contribution in [0.25, 0.3) is 0 Å². The summed E-state index contributed by atoms with van der Waals surface area (Å²) in [6.45, 7) is 3.97. The quantitative estimate of drug-likeness (QED) is 0.751. The van der Waals surface area contributed by atoms with Crippen molar-refractivity contribution in [3.8, 4) is 0 Å². The normalized spacial score (nSPS) is 13.8. The molecule has 2 unspecified atom stereocenters. The van der Waals surface area contributed by atoms with Crippen LogP contribution in [0.3, 0.4) is 0 Å². The molecule has 146 valence electrons. The molecule has 0 aliphatic rings. The monoisotopic (exact) mass is 388 g/mol. The molecule has 0 radical (unpaired) electrons. The largest absolute Gasteiger partial charge is 0.339 e. The van der Waals surface area contributed by atoms with Crippen LogP contribution in [0.2, 0.25) is 0 Å². The van der Waals surface area contributed by atoms with E-state index in [1.807, 2.05) is 31.2 Å². The van der Waals surface area contributed by atoms with E-state index in [4.69, 9.17) is 5.14 Å². The molecule has 2 rings (SSSR count). The number of benzene rings is 2. The standard InChI is InChI=1S/C21H28N2O3S/c1-16(12-13-18-8-5-4-6-9-18)14-21(24)23(3)17(2)19-10-7-11-20(15-19)27(22,25)26/h4-11,15-17H,12-14H2,1-3H3,(H2,22,25,26). The van der Waals surface area contributed by atoms with Gasteiger partial charge < -0.3 is 4.90 Å². The number of rotatable bonds is 8. The number of hydrogen-bond donors (Lipinski definition) is 1. The highest BCUT2D eigenvalue weighted by Crippen LogP contribution is 2.23. The molecule has 2 N–H and O–H groups in total. The van der Waals surface area contributed by atoms with E-state index in [1.165, 1.54) is 17.7 Å². The van der Waals surface area contributed by atoms with E-state index in [-0.39, 0.29) is 22.8 Å². The van der Waals surface area contributed by atoms with E-state index in [1.54, 1.807) is 18.0 Å². The van der Waals surface area contributed by atoms with Gasteiger partial charge in [0, 0.05) is 13.5 Å². The second kappa shape index (κ2) is 9.15. The molecule has 5 nitrogen and oxygen atoms in total. The minimum Gasteiger partial charge on any atom is -0.339 e. The molecule has 0 fully saturated rings. The first kappa shape index (κ1) is 21.1. The van der Waals surface area contributed by atoms with E-state index in [0.29, 0.717) is 6.42 Å². The number of amides is 1. The molecule has 0 aromatic heterocycles. The summed E-state index contributed by atoms with van der Waals surface area (Å²) in [6.07, 6.45) is 2.35. The van der Waals surface area contributed by atoms with Gasteiger partial charge in [-0.3, -0.25) is 4.79 Å². The molecule has 0 bridgehead atoms. The Hall–Kier alpha value is -2.18. The summed E-state index contributed by atoms with van der Waals surface area (Å²) in [4.78, 5) is 14.4. The van der Waals surface area contributed by atoms with Crippen molar-refractivity contribution in [2.45, 2.75) is 44.0 Å². The lowest BCUT2D eigenvalue weighted by molar-refractivity contribution is -0.132. The number of carbonyl (C=O) groups excluding carboxylic acids is 1. The van der Waals surface area contributed by atoms with Gasteiger partial charge in [-0.2, -0.15) is 0 Å². The van der Waals surface area contributed by atoms with Gasteiger partial charge in [0.1, 0.15) is 0 Å². The summed E-state index contributed by atoms with van der Waals surface area (Å²) >= 11 is 0. The molecule has 1 amide bonds. The van der Waals surface area contributed by atoms with Crippen LogP contribution in [0, 0.1) is 5.92 Å². The summed E-state index contributed by atoms with van der Waals surface area (Å²) in [6, 6.07) is 16.4. The van der Waals surface area contributed by atoms with Gasteiger partial charge >= 0.3 is 0 Å². The van der Waals surface area contributed by atoms with Crippen molar-refractivity contribution >= 4 is 15.9 Å². The smallest absolute Gasteiger partial charge is 0.238 e. The maximum absolute atomic E-state index is 12.6. The number of aryl methyl sites for hydroxylation is 1. The molecule has 0 spiro atoms. The molecule has 2 aromatic rings. The third kappa shape index (κ3) is 6.19. The van der Waals surface area contributed by atoms with Gasteiger partial charge in [0.2, 0.25) is 15.9 Å². The topological polar surface area (TPSA) is 80.5 Å². The van der Waals surface area contributed by atoms with E-state index in [2.05, 4.69) is 19.1 Å². The minimum absolute atomic E-state index is 0.0454. The highest BCUT2D eigenvalue weighted by atomic mass is 32.2. The summed E-state index contributed by atoms with van der Waals surface area (Å²) in [5, 5.41) is 5.20. The second-order valence-corrected chi connectivity index (χ2v) is 8.69.